The molecular weight excluding hydrogens is 156 g/mol. The van der Waals surface area contributed by atoms with Gasteiger partial charge in [0.15, 0.2) is 0 Å². The fourth-order valence-corrected chi connectivity index (χ4v) is 1.78. The maximum absolute atomic E-state index is 3.38. The number of benzene rings is 2. The van der Waals surface area contributed by atoms with E-state index in [1.165, 1.54) is 27.5 Å². The van der Waals surface area contributed by atoms with Crippen LogP contribution in [0.15, 0.2) is 24.3 Å². The van der Waals surface area contributed by atoms with Crippen LogP contribution in [0.25, 0.3) is 10.8 Å². The number of hydrogen-bond acceptors (Lipinski definition) is 0. The van der Waals surface area contributed by atoms with Gasteiger partial charge in [0.25, 0.3) is 0 Å². The van der Waals surface area contributed by atoms with Gasteiger partial charge in [0, 0.05) is 0 Å². The lowest BCUT2D eigenvalue weighted by Gasteiger charge is -2.07. The Labute approximate surface area is 79.2 Å². The molecule has 0 aliphatic carbocycles. The Bertz CT molecular complexity index is 453. The fourth-order valence-electron chi connectivity index (χ4n) is 1.78. The minimum Gasteiger partial charge on any atom is -0.0616 e. The summed E-state index contributed by atoms with van der Waals surface area (Å²) in [6, 6.07) is 11.9. The van der Waals surface area contributed by atoms with E-state index in [4.69, 9.17) is 0 Å². The van der Waals surface area contributed by atoms with Crippen molar-refractivity contribution in [2.24, 2.45) is 0 Å². The smallest absolute Gasteiger partial charge is 0.0111 e. The molecule has 0 heteroatoms. The lowest BCUT2D eigenvalue weighted by Crippen LogP contribution is -1.87. The van der Waals surface area contributed by atoms with Crippen molar-refractivity contribution in [3.05, 3.63) is 47.0 Å². The van der Waals surface area contributed by atoms with Crippen molar-refractivity contribution in [3.63, 3.8) is 0 Å². The number of aryl methyl sites for hydroxylation is 3. The maximum atomic E-state index is 3.38. The van der Waals surface area contributed by atoms with Crippen LogP contribution in [0, 0.1) is 26.8 Å². The number of hydrogen-bond donors (Lipinski definition) is 0. The lowest BCUT2D eigenvalue weighted by molar-refractivity contribution is 1.33. The van der Waals surface area contributed by atoms with Gasteiger partial charge in [-0.15, -0.1) is 0 Å². The second-order valence-corrected chi connectivity index (χ2v) is 3.55. The summed E-state index contributed by atoms with van der Waals surface area (Å²) < 4.78 is 0. The average Bonchev–Trinajstić information content (AvgIpc) is 2.15. The van der Waals surface area contributed by atoms with Crippen molar-refractivity contribution in [2.45, 2.75) is 20.8 Å². The normalized spacial score (nSPS) is 10.7. The number of rotatable bonds is 0. The fraction of sp³-hybridized carbons (Fsp3) is 0.231. The molecule has 0 atom stereocenters. The molecule has 0 unspecified atom stereocenters. The third-order valence-corrected chi connectivity index (χ3v) is 2.67. The zero-order valence-corrected chi connectivity index (χ0v) is 8.31. The van der Waals surface area contributed by atoms with Gasteiger partial charge >= 0.3 is 0 Å². The second kappa shape index (κ2) is 2.88. The Kier molecular flexibility index (Phi) is 1.84. The molecular formula is C13H13. The molecule has 2 aromatic carbocycles. The summed E-state index contributed by atoms with van der Waals surface area (Å²) in [6.07, 6.45) is 0. The largest absolute Gasteiger partial charge is 0.0616 e. The highest BCUT2D eigenvalue weighted by Crippen LogP contribution is 2.23. The minimum atomic E-state index is 1.25. The maximum Gasteiger partial charge on any atom is -0.0111 e. The van der Waals surface area contributed by atoms with E-state index in [0.29, 0.717) is 0 Å². The molecule has 2 rings (SSSR count). The molecule has 65 valence electrons. The van der Waals surface area contributed by atoms with Gasteiger partial charge in [0.1, 0.15) is 0 Å². The predicted molar refractivity (Wildman–Crippen MR) is 57.0 cm³/mol. The van der Waals surface area contributed by atoms with E-state index in [2.05, 4.69) is 51.1 Å². The molecule has 0 N–H and O–H groups in total. The van der Waals surface area contributed by atoms with Crippen LogP contribution in [0.2, 0.25) is 0 Å². The molecule has 0 saturated carbocycles. The monoisotopic (exact) mass is 169 g/mol. The Hall–Kier alpha value is -1.30. The van der Waals surface area contributed by atoms with Crippen molar-refractivity contribution in [1.29, 1.82) is 0 Å². The van der Waals surface area contributed by atoms with Gasteiger partial charge in [-0.2, -0.15) is 0 Å². The molecule has 0 aliphatic rings. The Morgan fingerprint density at radius 1 is 0.846 bits per heavy atom. The summed E-state index contributed by atoms with van der Waals surface area (Å²) >= 11 is 0. The Balaban J connectivity index is 2.97. The summed E-state index contributed by atoms with van der Waals surface area (Å²) in [5.41, 5.74) is 3.86. The molecule has 0 saturated heterocycles. The van der Waals surface area contributed by atoms with Crippen molar-refractivity contribution in [1.82, 2.24) is 0 Å². The second-order valence-electron chi connectivity index (χ2n) is 3.55. The van der Waals surface area contributed by atoms with Crippen LogP contribution < -0.4 is 0 Å². The highest BCUT2D eigenvalue weighted by Gasteiger charge is 2.02. The highest BCUT2D eigenvalue weighted by atomic mass is 14.1. The van der Waals surface area contributed by atoms with Gasteiger partial charge in [-0.1, -0.05) is 24.3 Å². The van der Waals surface area contributed by atoms with E-state index in [-0.39, 0.29) is 0 Å². The van der Waals surface area contributed by atoms with Gasteiger partial charge in [-0.25, -0.2) is 0 Å². The van der Waals surface area contributed by atoms with Crippen molar-refractivity contribution in [2.75, 3.05) is 0 Å². The van der Waals surface area contributed by atoms with Gasteiger partial charge in [-0.3, -0.25) is 0 Å². The van der Waals surface area contributed by atoms with E-state index in [1.807, 2.05) is 0 Å². The molecule has 0 nitrogen and oxygen atoms in total. The van der Waals surface area contributed by atoms with Crippen LogP contribution >= 0.6 is 0 Å². The van der Waals surface area contributed by atoms with E-state index in [1.54, 1.807) is 0 Å². The zero-order chi connectivity index (χ0) is 9.42. The standard InChI is InChI=1S/C13H13/c1-9-8-10(2)12-6-4-5-7-13(12)11(9)3/h4-7H,1-3H3. The van der Waals surface area contributed by atoms with E-state index in [0.717, 1.165) is 0 Å². The first kappa shape index (κ1) is 8.31. The van der Waals surface area contributed by atoms with Crippen molar-refractivity contribution in [3.8, 4) is 0 Å². The molecule has 2 aromatic rings. The predicted octanol–water partition coefficient (Wildman–Crippen LogP) is 3.57. The summed E-state index contributed by atoms with van der Waals surface area (Å²) in [7, 11) is 0. The highest BCUT2D eigenvalue weighted by molar-refractivity contribution is 5.89. The molecule has 0 heterocycles. The van der Waals surface area contributed by atoms with Gasteiger partial charge in [-0.05, 0) is 54.3 Å². The first-order valence-corrected chi connectivity index (χ1v) is 4.58. The van der Waals surface area contributed by atoms with Crippen LogP contribution in [-0.4, -0.2) is 0 Å². The Morgan fingerprint density at radius 3 is 2.15 bits per heavy atom. The molecule has 0 bridgehead atoms. The molecule has 0 spiro atoms. The van der Waals surface area contributed by atoms with Crippen LogP contribution in [0.1, 0.15) is 16.7 Å². The quantitative estimate of drug-likeness (QED) is 0.565. The summed E-state index contributed by atoms with van der Waals surface area (Å²) in [6.45, 7) is 6.40. The Morgan fingerprint density at radius 2 is 1.46 bits per heavy atom. The minimum absolute atomic E-state index is 1.25. The molecule has 1 radical (unpaired) electrons. The third kappa shape index (κ3) is 1.23. The van der Waals surface area contributed by atoms with E-state index < -0.39 is 0 Å². The van der Waals surface area contributed by atoms with Crippen LogP contribution in [0.5, 0.6) is 0 Å². The van der Waals surface area contributed by atoms with Crippen LogP contribution in [0.3, 0.4) is 0 Å². The van der Waals surface area contributed by atoms with E-state index in [9.17, 15) is 0 Å². The average molecular weight is 169 g/mol. The van der Waals surface area contributed by atoms with E-state index >= 15 is 0 Å². The van der Waals surface area contributed by atoms with Crippen LogP contribution in [0.4, 0.5) is 0 Å². The van der Waals surface area contributed by atoms with Gasteiger partial charge in [0.2, 0.25) is 0 Å². The topological polar surface area (TPSA) is 0 Å². The molecule has 13 heavy (non-hydrogen) atoms. The molecule has 0 fully saturated rings. The van der Waals surface area contributed by atoms with Gasteiger partial charge < -0.3 is 0 Å². The summed E-state index contributed by atoms with van der Waals surface area (Å²) in [5, 5.41) is 2.68. The first-order chi connectivity index (χ1) is 6.20. The van der Waals surface area contributed by atoms with Crippen molar-refractivity contribution >= 4 is 10.8 Å². The summed E-state index contributed by atoms with van der Waals surface area (Å²) in [4.78, 5) is 0. The SMILES string of the molecule is Cc1[c]c(C)c2ccccc2c1C. The zero-order valence-electron chi connectivity index (χ0n) is 8.31. The third-order valence-electron chi connectivity index (χ3n) is 2.67. The van der Waals surface area contributed by atoms with Crippen molar-refractivity contribution < 1.29 is 0 Å². The molecule has 0 aliphatic heterocycles. The summed E-state index contributed by atoms with van der Waals surface area (Å²) in [5.74, 6) is 0. The van der Waals surface area contributed by atoms with Gasteiger partial charge in [0.05, 0.1) is 0 Å². The molecule has 0 amide bonds. The lowest BCUT2D eigenvalue weighted by atomic mass is 9.97. The first-order valence-electron chi connectivity index (χ1n) is 4.58. The van der Waals surface area contributed by atoms with Crippen LogP contribution in [-0.2, 0) is 0 Å². The molecule has 0 aromatic heterocycles. The number of fused-ring (bicyclic) bond motifs is 1.